The second-order valence-corrected chi connectivity index (χ2v) is 9.01. The Balaban J connectivity index is 1.39. The summed E-state index contributed by atoms with van der Waals surface area (Å²) >= 11 is 0. The molecule has 0 spiro atoms. The lowest BCUT2D eigenvalue weighted by atomic mass is 9.97. The van der Waals surface area contributed by atoms with Crippen LogP contribution in [0.25, 0.3) is 10.9 Å². The van der Waals surface area contributed by atoms with E-state index in [1.165, 1.54) is 6.07 Å². The number of likely N-dealkylation sites (tertiary alicyclic amines) is 1. The summed E-state index contributed by atoms with van der Waals surface area (Å²) in [5.41, 5.74) is 2.71. The molecule has 1 atom stereocenters. The predicted octanol–water partition coefficient (Wildman–Crippen LogP) is 5.02. The van der Waals surface area contributed by atoms with Crippen LogP contribution in [-0.2, 0) is 11.3 Å². The number of hydrogen-bond donors (Lipinski definition) is 1. The maximum Gasteiger partial charge on any atom is 0.270 e. The molecular formula is C28H27FN4O2. The fraction of sp³-hybridized carbons (Fsp3) is 0.250. The third-order valence-corrected chi connectivity index (χ3v) is 6.53. The Kier molecular flexibility index (Phi) is 6.31. The number of aromatic nitrogens is 2. The zero-order chi connectivity index (χ0) is 24.4. The number of carbonyl (C=O) groups excluding carboxylic acids is 2. The minimum Gasteiger partial charge on any atom is -0.337 e. The Hall–Kier alpha value is -4.00. The number of hydrogen-bond acceptors (Lipinski definition) is 3. The van der Waals surface area contributed by atoms with Gasteiger partial charge >= 0.3 is 0 Å². The monoisotopic (exact) mass is 470 g/mol. The molecule has 6 nitrogen and oxygen atoms in total. The van der Waals surface area contributed by atoms with Crippen molar-refractivity contribution in [2.24, 2.45) is 5.92 Å². The standard InChI is InChI=1S/C28H27FN4O2/c1-19-8-6-14-26(30-19)31-27(34)22-11-7-15-32(17-22)28(35)25-16-20-9-3-5-13-24(20)33(25)18-21-10-2-4-12-23(21)29/h2-6,8-10,12-14,16,22H,7,11,15,17-18H2,1H3,(H,30,31,34). The van der Waals surface area contributed by atoms with E-state index in [1.54, 1.807) is 29.2 Å². The van der Waals surface area contributed by atoms with Crippen molar-refractivity contribution in [1.29, 1.82) is 0 Å². The van der Waals surface area contributed by atoms with Gasteiger partial charge in [-0.15, -0.1) is 0 Å². The predicted molar refractivity (Wildman–Crippen MR) is 134 cm³/mol. The van der Waals surface area contributed by atoms with Crippen molar-refractivity contribution in [1.82, 2.24) is 14.5 Å². The van der Waals surface area contributed by atoms with Gasteiger partial charge < -0.3 is 14.8 Å². The molecule has 0 bridgehead atoms. The summed E-state index contributed by atoms with van der Waals surface area (Å²) in [6, 6.07) is 21.7. The van der Waals surface area contributed by atoms with Gasteiger partial charge in [0.15, 0.2) is 0 Å². The Labute approximate surface area is 203 Å². The van der Waals surface area contributed by atoms with Crippen molar-refractivity contribution in [2.45, 2.75) is 26.3 Å². The molecule has 178 valence electrons. The quantitative estimate of drug-likeness (QED) is 0.445. The molecule has 2 amide bonds. The van der Waals surface area contributed by atoms with Crippen LogP contribution in [0.2, 0.25) is 0 Å². The minimum atomic E-state index is -0.320. The van der Waals surface area contributed by atoms with Gasteiger partial charge in [0.25, 0.3) is 5.91 Å². The van der Waals surface area contributed by atoms with Crippen molar-refractivity contribution in [3.8, 4) is 0 Å². The molecule has 3 heterocycles. The Morgan fingerprint density at radius 3 is 2.69 bits per heavy atom. The highest BCUT2D eigenvalue weighted by Gasteiger charge is 2.31. The molecule has 5 rings (SSSR count). The number of halogens is 1. The van der Waals surface area contributed by atoms with Crippen LogP contribution in [0.5, 0.6) is 0 Å². The molecule has 1 aliphatic rings. The topological polar surface area (TPSA) is 67.2 Å². The molecular weight excluding hydrogens is 443 g/mol. The van der Waals surface area contributed by atoms with Crippen molar-refractivity contribution in [2.75, 3.05) is 18.4 Å². The highest BCUT2D eigenvalue weighted by molar-refractivity contribution is 5.99. The lowest BCUT2D eigenvalue weighted by molar-refractivity contribution is -0.121. The number of para-hydroxylation sites is 1. The normalized spacial score (nSPS) is 15.8. The number of nitrogens with zero attached hydrogens (tertiary/aromatic N) is 3. The van der Waals surface area contributed by atoms with Crippen LogP contribution < -0.4 is 5.32 Å². The number of piperidine rings is 1. The van der Waals surface area contributed by atoms with E-state index in [4.69, 9.17) is 0 Å². The summed E-state index contributed by atoms with van der Waals surface area (Å²) in [6.07, 6.45) is 1.44. The number of anilines is 1. The van der Waals surface area contributed by atoms with Crippen molar-refractivity contribution >= 4 is 28.5 Å². The fourth-order valence-electron chi connectivity index (χ4n) is 4.73. The van der Waals surface area contributed by atoms with Gasteiger partial charge in [0, 0.05) is 35.2 Å². The van der Waals surface area contributed by atoms with Crippen LogP contribution >= 0.6 is 0 Å². The van der Waals surface area contributed by atoms with Crippen molar-refractivity contribution in [3.05, 3.63) is 95.6 Å². The molecule has 2 aromatic carbocycles. The number of benzene rings is 2. The lowest BCUT2D eigenvalue weighted by Gasteiger charge is -2.32. The van der Waals surface area contributed by atoms with E-state index in [9.17, 15) is 14.0 Å². The van der Waals surface area contributed by atoms with Crippen LogP contribution in [0.4, 0.5) is 10.2 Å². The number of nitrogens with one attached hydrogen (secondary N) is 1. The van der Waals surface area contributed by atoms with Crippen molar-refractivity contribution < 1.29 is 14.0 Å². The molecule has 1 aliphatic heterocycles. The average molecular weight is 471 g/mol. The number of amides is 2. The molecule has 1 fully saturated rings. The largest absolute Gasteiger partial charge is 0.337 e. The molecule has 0 saturated carbocycles. The molecule has 1 N–H and O–H groups in total. The number of rotatable bonds is 5. The number of fused-ring (bicyclic) bond motifs is 1. The first-order chi connectivity index (χ1) is 17.0. The second kappa shape index (κ2) is 9.70. The van der Waals surface area contributed by atoms with Crippen LogP contribution in [0.3, 0.4) is 0 Å². The maximum absolute atomic E-state index is 14.5. The van der Waals surface area contributed by atoms with Gasteiger partial charge in [-0.05, 0) is 50.1 Å². The summed E-state index contributed by atoms with van der Waals surface area (Å²) in [5, 5.41) is 3.81. The van der Waals surface area contributed by atoms with Gasteiger partial charge in [-0.1, -0.05) is 42.5 Å². The van der Waals surface area contributed by atoms with Crippen LogP contribution in [-0.4, -0.2) is 39.4 Å². The first-order valence-corrected chi connectivity index (χ1v) is 11.8. The van der Waals surface area contributed by atoms with Gasteiger partial charge in [-0.25, -0.2) is 9.37 Å². The lowest BCUT2D eigenvalue weighted by Crippen LogP contribution is -2.44. The molecule has 7 heteroatoms. The van der Waals surface area contributed by atoms with E-state index in [2.05, 4.69) is 10.3 Å². The van der Waals surface area contributed by atoms with E-state index in [0.717, 1.165) is 23.0 Å². The van der Waals surface area contributed by atoms with Crippen LogP contribution in [0.1, 0.15) is 34.6 Å². The molecule has 0 radical (unpaired) electrons. The SMILES string of the molecule is Cc1cccc(NC(=O)C2CCCN(C(=O)c3cc4ccccc4n3Cc3ccccc3F)C2)n1. The molecule has 1 saturated heterocycles. The van der Waals surface area contributed by atoms with E-state index in [1.807, 2.05) is 54.0 Å². The third-order valence-electron chi connectivity index (χ3n) is 6.53. The second-order valence-electron chi connectivity index (χ2n) is 9.01. The number of pyridine rings is 1. The van der Waals surface area contributed by atoms with Crippen LogP contribution in [0, 0.1) is 18.7 Å². The smallest absolute Gasteiger partial charge is 0.270 e. The third kappa shape index (κ3) is 4.80. The van der Waals surface area contributed by atoms with Crippen molar-refractivity contribution in [3.63, 3.8) is 0 Å². The Morgan fingerprint density at radius 2 is 1.86 bits per heavy atom. The highest BCUT2D eigenvalue weighted by Crippen LogP contribution is 2.26. The highest BCUT2D eigenvalue weighted by atomic mass is 19.1. The summed E-state index contributed by atoms with van der Waals surface area (Å²) < 4.78 is 16.3. The molecule has 35 heavy (non-hydrogen) atoms. The fourth-order valence-corrected chi connectivity index (χ4v) is 4.73. The van der Waals surface area contributed by atoms with E-state index in [0.29, 0.717) is 36.6 Å². The summed E-state index contributed by atoms with van der Waals surface area (Å²) in [5.74, 6) is -0.387. The van der Waals surface area contributed by atoms with Gasteiger partial charge in [0.1, 0.15) is 17.3 Å². The molecule has 4 aromatic rings. The molecule has 0 aliphatic carbocycles. The summed E-state index contributed by atoms with van der Waals surface area (Å²) in [4.78, 5) is 32.7. The zero-order valence-electron chi connectivity index (χ0n) is 19.6. The van der Waals surface area contributed by atoms with E-state index in [-0.39, 0.29) is 30.1 Å². The Bertz CT molecular complexity index is 1400. The van der Waals surface area contributed by atoms with Crippen LogP contribution in [0.15, 0.2) is 72.8 Å². The summed E-state index contributed by atoms with van der Waals surface area (Å²) in [7, 11) is 0. The van der Waals surface area contributed by atoms with Gasteiger partial charge in [0.2, 0.25) is 5.91 Å². The maximum atomic E-state index is 14.5. The van der Waals surface area contributed by atoms with Gasteiger partial charge in [-0.3, -0.25) is 9.59 Å². The number of aryl methyl sites for hydroxylation is 1. The first-order valence-electron chi connectivity index (χ1n) is 11.8. The average Bonchev–Trinajstić information content (AvgIpc) is 3.23. The number of carbonyl (C=O) groups is 2. The van der Waals surface area contributed by atoms with Gasteiger partial charge in [0.05, 0.1) is 12.5 Å². The van der Waals surface area contributed by atoms with E-state index < -0.39 is 0 Å². The zero-order valence-corrected chi connectivity index (χ0v) is 19.6. The minimum absolute atomic E-state index is 0.132. The summed E-state index contributed by atoms with van der Waals surface area (Å²) in [6.45, 7) is 3.03. The van der Waals surface area contributed by atoms with E-state index >= 15 is 0 Å². The molecule has 1 unspecified atom stereocenters. The first kappa shape index (κ1) is 22.8. The van der Waals surface area contributed by atoms with Gasteiger partial charge in [-0.2, -0.15) is 0 Å². The Morgan fingerprint density at radius 1 is 1.06 bits per heavy atom. The molecule has 2 aromatic heterocycles.